The zero-order valence-electron chi connectivity index (χ0n) is 14.6. The highest BCUT2D eigenvalue weighted by atomic mass is 16.5. The van der Waals surface area contributed by atoms with Crippen molar-refractivity contribution in [1.29, 1.82) is 0 Å². The first-order valence-electron chi connectivity index (χ1n) is 8.85. The van der Waals surface area contributed by atoms with Crippen LogP contribution in [0.5, 0.6) is 0 Å². The van der Waals surface area contributed by atoms with Crippen LogP contribution in [-0.4, -0.2) is 30.4 Å². The van der Waals surface area contributed by atoms with E-state index in [0.29, 0.717) is 6.54 Å². The Morgan fingerprint density at radius 1 is 1.08 bits per heavy atom. The molecule has 6 nitrogen and oxygen atoms in total. The van der Waals surface area contributed by atoms with Gasteiger partial charge in [-0.1, -0.05) is 49.6 Å². The van der Waals surface area contributed by atoms with Gasteiger partial charge in [-0.15, -0.1) is 0 Å². The molecule has 2 N–H and O–H groups in total. The van der Waals surface area contributed by atoms with Gasteiger partial charge < -0.3 is 15.4 Å². The molecule has 136 valence electrons. The third-order valence-electron chi connectivity index (χ3n) is 4.37. The summed E-state index contributed by atoms with van der Waals surface area (Å²) in [7, 11) is 0. The summed E-state index contributed by atoms with van der Waals surface area (Å²) >= 11 is 0. The molecule has 0 aromatic heterocycles. The lowest BCUT2D eigenvalue weighted by atomic mass is 9.89. The first kappa shape index (κ1) is 19.0. The van der Waals surface area contributed by atoms with Crippen LogP contribution in [0.4, 0.5) is 0 Å². The maximum atomic E-state index is 12.0. The number of hydrogen-bond acceptors (Lipinski definition) is 4. The van der Waals surface area contributed by atoms with Crippen LogP contribution in [0.1, 0.15) is 44.6 Å². The lowest BCUT2D eigenvalue weighted by molar-refractivity contribution is -0.154. The Hall–Kier alpha value is -2.37. The fourth-order valence-electron chi connectivity index (χ4n) is 2.89. The van der Waals surface area contributed by atoms with Crippen LogP contribution in [0.3, 0.4) is 0 Å². The van der Waals surface area contributed by atoms with Gasteiger partial charge in [0, 0.05) is 12.5 Å². The molecule has 1 atom stereocenters. The smallest absolute Gasteiger partial charge is 0.326 e. The quantitative estimate of drug-likeness (QED) is 0.739. The molecular formula is C19H26N2O4. The summed E-state index contributed by atoms with van der Waals surface area (Å²) in [5.41, 5.74) is 0.967. The second kappa shape index (κ2) is 9.81. The normalized spacial score (nSPS) is 15.9. The van der Waals surface area contributed by atoms with E-state index in [1.165, 1.54) is 13.3 Å². The van der Waals surface area contributed by atoms with Crippen molar-refractivity contribution in [2.24, 2.45) is 5.92 Å². The van der Waals surface area contributed by atoms with Gasteiger partial charge in [0.15, 0.2) is 6.10 Å². The topological polar surface area (TPSA) is 84.5 Å². The van der Waals surface area contributed by atoms with Crippen LogP contribution in [0.15, 0.2) is 30.3 Å². The highest BCUT2D eigenvalue weighted by Gasteiger charge is 2.22. The molecule has 1 aromatic carbocycles. The monoisotopic (exact) mass is 346 g/mol. The van der Waals surface area contributed by atoms with Crippen molar-refractivity contribution in [3.63, 3.8) is 0 Å². The molecule has 1 fully saturated rings. The second-order valence-electron chi connectivity index (χ2n) is 6.39. The lowest BCUT2D eigenvalue weighted by Gasteiger charge is -2.20. The number of carbonyl (C=O) groups is 3. The molecule has 1 aliphatic carbocycles. The molecule has 6 heteroatoms. The Morgan fingerprint density at radius 2 is 1.76 bits per heavy atom. The average Bonchev–Trinajstić information content (AvgIpc) is 2.65. The highest BCUT2D eigenvalue weighted by molar-refractivity contribution is 5.86. The molecule has 0 spiro atoms. The predicted octanol–water partition coefficient (Wildman–Crippen LogP) is 1.93. The third kappa shape index (κ3) is 6.57. The molecule has 1 saturated carbocycles. The molecule has 1 aliphatic rings. The number of nitrogens with one attached hydrogen (secondary N) is 2. The highest BCUT2D eigenvalue weighted by Crippen LogP contribution is 2.23. The first-order valence-corrected chi connectivity index (χ1v) is 8.85. The third-order valence-corrected chi connectivity index (χ3v) is 4.37. The molecule has 25 heavy (non-hydrogen) atoms. The van der Waals surface area contributed by atoms with E-state index < -0.39 is 12.1 Å². The standard InChI is InChI=1S/C19H26N2O4/c1-14(18(23)20-12-15-8-4-2-5-9-15)25-17(22)13-21-19(24)16-10-6-3-7-11-16/h2,4-5,8-9,14,16H,3,6-7,10-13H2,1H3,(H,20,23)(H,21,24)/t14-/m0/s1. The number of ether oxygens (including phenoxy) is 1. The molecule has 1 aromatic rings. The number of esters is 1. The lowest BCUT2D eigenvalue weighted by Crippen LogP contribution is -2.40. The minimum Gasteiger partial charge on any atom is -0.451 e. The van der Waals surface area contributed by atoms with Crippen molar-refractivity contribution in [2.75, 3.05) is 6.54 Å². The van der Waals surface area contributed by atoms with E-state index in [9.17, 15) is 14.4 Å². The SMILES string of the molecule is C[C@H](OC(=O)CNC(=O)C1CCCCC1)C(=O)NCc1ccccc1. The van der Waals surface area contributed by atoms with Crippen LogP contribution in [0.2, 0.25) is 0 Å². The Balaban J connectivity index is 1.66. The zero-order chi connectivity index (χ0) is 18.1. The van der Waals surface area contributed by atoms with Gasteiger partial charge in [-0.25, -0.2) is 0 Å². The minimum atomic E-state index is -0.900. The van der Waals surface area contributed by atoms with E-state index >= 15 is 0 Å². The summed E-state index contributed by atoms with van der Waals surface area (Å²) in [6.07, 6.45) is 4.13. The molecule has 0 unspecified atom stereocenters. The van der Waals surface area contributed by atoms with Crippen molar-refractivity contribution in [2.45, 2.75) is 51.7 Å². The molecular weight excluding hydrogens is 320 g/mol. The zero-order valence-corrected chi connectivity index (χ0v) is 14.6. The van der Waals surface area contributed by atoms with E-state index in [1.54, 1.807) is 0 Å². The van der Waals surface area contributed by atoms with Gasteiger partial charge in [0.2, 0.25) is 5.91 Å². The van der Waals surface area contributed by atoms with Gasteiger partial charge in [-0.2, -0.15) is 0 Å². The Kier molecular flexibility index (Phi) is 7.44. The molecule has 0 radical (unpaired) electrons. The van der Waals surface area contributed by atoms with Gasteiger partial charge in [0.25, 0.3) is 5.91 Å². The van der Waals surface area contributed by atoms with Crippen molar-refractivity contribution in [3.05, 3.63) is 35.9 Å². The predicted molar refractivity (Wildman–Crippen MR) is 93.4 cm³/mol. The maximum Gasteiger partial charge on any atom is 0.326 e. The van der Waals surface area contributed by atoms with Crippen LogP contribution in [-0.2, 0) is 25.7 Å². The molecule has 0 heterocycles. The summed E-state index contributed by atoms with van der Waals surface area (Å²) < 4.78 is 5.07. The van der Waals surface area contributed by atoms with Crippen LogP contribution < -0.4 is 10.6 Å². The average molecular weight is 346 g/mol. The Morgan fingerprint density at radius 3 is 2.44 bits per heavy atom. The van der Waals surface area contributed by atoms with Gasteiger partial charge in [0.05, 0.1) is 0 Å². The Bertz CT molecular complexity index is 582. The molecule has 2 amide bonds. The van der Waals surface area contributed by atoms with Crippen LogP contribution >= 0.6 is 0 Å². The second-order valence-corrected chi connectivity index (χ2v) is 6.39. The van der Waals surface area contributed by atoms with Crippen LogP contribution in [0.25, 0.3) is 0 Å². The first-order chi connectivity index (χ1) is 12.1. The van der Waals surface area contributed by atoms with Gasteiger partial charge >= 0.3 is 5.97 Å². The van der Waals surface area contributed by atoms with E-state index in [2.05, 4.69) is 10.6 Å². The summed E-state index contributed by atoms with van der Waals surface area (Å²) in [5, 5.41) is 5.33. The van der Waals surface area contributed by atoms with Crippen molar-refractivity contribution >= 4 is 17.8 Å². The van der Waals surface area contributed by atoms with Gasteiger partial charge in [-0.3, -0.25) is 14.4 Å². The summed E-state index contributed by atoms with van der Waals surface area (Å²) in [5.74, 6) is -1.08. The number of benzene rings is 1. The van der Waals surface area contributed by atoms with Crippen molar-refractivity contribution < 1.29 is 19.1 Å². The maximum absolute atomic E-state index is 12.0. The van der Waals surface area contributed by atoms with Gasteiger partial charge in [0.1, 0.15) is 6.54 Å². The number of rotatable bonds is 7. The van der Waals surface area contributed by atoms with Gasteiger partial charge in [-0.05, 0) is 25.3 Å². The van der Waals surface area contributed by atoms with E-state index in [0.717, 1.165) is 31.2 Å². The summed E-state index contributed by atoms with van der Waals surface area (Å²) in [4.78, 5) is 35.7. The molecule has 0 aliphatic heterocycles. The molecule has 0 saturated heterocycles. The van der Waals surface area contributed by atoms with E-state index in [1.807, 2.05) is 30.3 Å². The van der Waals surface area contributed by atoms with E-state index in [4.69, 9.17) is 4.74 Å². The summed E-state index contributed by atoms with van der Waals surface area (Å²) in [6.45, 7) is 1.69. The van der Waals surface area contributed by atoms with Crippen LogP contribution in [0, 0.1) is 5.92 Å². The minimum absolute atomic E-state index is 0.00635. The van der Waals surface area contributed by atoms with Crippen molar-refractivity contribution in [1.82, 2.24) is 10.6 Å². The fraction of sp³-hybridized carbons (Fsp3) is 0.526. The summed E-state index contributed by atoms with van der Waals surface area (Å²) in [6, 6.07) is 9.48. The van der Waals surface area contributed by atoms with E-state index in [-0.39, 0.29) is 24.3 Å². The fourth-order valence-corrected chi connectivity index (χ4v) is 2.89. The number of carbonyl (C=O) groups excluding carboxylic acids is 3. The number of hydrogen-bond donors (Lipinski definition) is 2. The van der Waals surface area contributed by atoms with Crippen molar-refractivity contribution in [3.8, 4) is 0 Å². The Labute approximate surface area is 148 Å². The molecule has 0 bridgehead atoms. The molecule has 2 rings (SSSR count). The number of amides is 2. The largest absolute Gasteiger partial charge is 0.451 e.